The van der Waals surface area contributed by atoms with E-state index >= 15 is 0 Å². The van der Waals surface area contributed by atoms with Gasteiger partial charge in [0.05, 0.1) is 45.7 Å². The standard InChI is InChI=1S/C39H64N4O19/c1-21-30(19-56-24(4)45)61-39(33(43-23(3)44)34(21)58-26(6)47)55-18-16-53-14-12-42-37(51)29(40)9-10-32(50)41-11-13-52-15-17-54-38-22(2)35(59-27(7)48)36(60-28(8)49)31(62-38)20-57-25(5)46/h21-22,29-31,33-36,38-39H,9-20,40H2,1-8H3,(H,41,50)(H,42,51)(H,43,44)/t21-,22+,29-,30+,31+,33+,34-,35+,36-,38?,39?/m0/s1. The molecule has 3 amide bonds. The molecule has 2 unspecified atom stereocenters. The molecule has 62 heavy (non-hydrogen) atoms. The van der Waals surface area contributed by atoms with Gasteiger partial charge in [0.2, 0.25) is 17.7 Å². The Morgan fingerprint density at radius 2 is 1.08 bits per heavy atom. The molecule has 0 aromatic heterocycles. The van der Waals surface area contributed by atoms with Crippen LogP contribution in [-0.2, 0) is 90.5 Å². The highest BCUT2D eigenvalue weighted by Gasteiger charge is 2.49. The van der Waals surface area contributed by atoms with Crippen LogP contribution in [0.5, 0.6) is 0 Å². The Labute approximate surface area is 360 Å². The fourth-order valence-electron chi connectivity index (χ4n) is 6.43. The van der Waals surface area contributed by atoms with Gasteiger partial charge in [0.1, 0.15) is 43.7 Å². The Morgan fingerprint density at radius 3 is 1.63 bits per heavy atom. The van der Waals surface area contributed by atoms with Crippen LogP contribution in [0.1, 0.15) is 68.2 Å². The molecule has 11 atom stereocenters. The number of carbonyl (C=O) groups excluding carboxylic acids is 8. The average Bonchev–Trinajstić information content (AvgIpc) is 3.18. The average molecular weight is 893 g/mol. The molecule has 354 valence electrons. The molecule has 0 radical (unpaired) electrons. The summed E-state index contributed by atoms with van der Waals surface area (Å²) in [6.45, 7) is 11.2. The molecule has 0 bridgehead atoms. The quantitative estimate of drug-likeness (QED) is 0.0438. The Hall–Kier alpha value is -4.52. The van der Waals surface area contributed by atoms with Crippen LogP contribution in [0.25, 0.3) is 0 Å². The molecule has 2 aliphatic heterocycles. The second-order valence-corrected chi connectivity index (χ2v) is 14.6. The molecule has 0 aliphatic carbocycles. The SMILES string of the molecule is CC(=O)N[C@H]1C(OCCOCCNC(=O)[C@@H](N)CCC(=O)NCCOCCOC2O[C@H](COC(C)=O)[C@H](OC(C)=O)[C@H](OC(C)=O)[C@H]2C)O[C@H](COC(C)=O)[C@H](C)[C@@H]1OC(C)=O. The summed E-state index contributed by atoms with van der Waals surface area (Å²) >= 11 is 0. The molecule has 0 saturated carbocycles. The van der Waals surface area contributed by atoms with Gasteiger partial charge in [-0.3, -0.25) is 38.4 Å². The number of hydrogen-bond donors (Lipinski definition) is 4. The van der Waals surface area contributed by atoms with Gasteiger partial charge in [0.15, 0.2) is 18.7 Å². The maximum Gasteiger partial charge on any atom is 0.303 e. The predicted molar refractivity (Wildman–Crippen MR) is 210 cm³/mol. The van der Waals surface area contributed by atoms with Crippen molar-refractivity contribution < 1.29 is 90.5 Å². The number of esters is 5. The predicted octanol–water partition coefficient (Wildman–Crippen LogP) is -1.46. The van der Waals surface area contributed by atoms with E-state index in [1.807, 2.05) is 0 Å². The van der Waals surface area contributed by atoms with Crippen molar-refractivity contribution in [3.05, 3.63) is 0 Å². The first-order chi connectivity index (χ1) is 29.3. The first-order valence-electron chi connectivity index (χ1n) is 20.4. The number of amides is 3. The number of carbonyl (C=O) groups is 8. The third-order valence-corrected chi connectivity index (χ3v) is 9.34. The molecule has 2 aliphatic rings. The summed E-state index contributed by atoms with van der Waals surface area (Å²) in [4.78, 5) is 95.1. The second-order valence-electron chi connectivity index (χ2n) is 14.6. The number of rotatable bonds is 26. The Bertz CT molecular complexity index is 1480. The molecular formula is C39H64N4O19. The van der Waals surface area contributed by atoms with Crippen LogP contribution >= 0.6 is 0 Å². The van der Waals surface area contributed by atoms with Gasteiger partial charge in [-0.05, 0) is 6.42 Å². The molecule has 0 spiro atoms. The van der Waals surface area contributed by atoms with Gasteiger partial charge in [0, 0.05) is 72.9 Å². The molecule has 2 fully saturated rings. The molecule has 5 N–H and O–H groups in total. The van der Waals surface area contributed by atoms with E-state index < -0.39 is 109 Å². The molecule has 2 heterocycles. The van der Waals surface area contributed by atoms with E-state index in [4.69, 9.17) is 57.8 Å². The van der Waals surface area contributed by atoms with E-state index in [2.05, 4.69) is 16.0 Å². The topological polar surface area (TPSA) is 300 Å². The third-order valence-electron chi connectivity index (χ3n) is 9.34. The van der Waals surface area contributed by atoms with Gasteiger partial charge in [0.25, 0.3) is 0 Å². The molecule has 23 nitrogen and oxygen atoms in total. The van der Waals surface area contributed by atoms with E-state index in [-0.39, 0.29) is 84.7 Å². The molecule has 2 rings (SSSR count). The Balaban J connectivity index is 1.66. The van der Waals surface area contributed by atoms with Crippen molar-refractivity contribution in [2.45, 2.75) is 123 Å². The normalized spacial score (nSPS) is 26.2. The van der Waals surface area contributed by atoms with Crippen molar-refractivity contribution in [3.8, 4) is 0 Å². The maximum absolute atomic E-state index is 12.5. The fraction of sp³-hybridized carbons (Fsp3) is 0.795. The molecular weight excluding hydrogens is 828 g/mol. The zero-order valence-corrected chi connectivity index (χ0v) is 36.7. The van der Waals surface area contributed by atoms with Crippen molar-refractivity contribution in [3.63, 3.8) is 0 Å². The van der Waals surface area contributed by atoms with Crippen LogP contribution in [0.2, 0.25) is 0 Å². The van der Waals surface area contributed by atoms with Gasteiger partial charge in [-0.25, -0.2) is 0 Å². The highest BCUT2D eigenvalue weighted by molar-refractivity contribution is 5.83. The van der Waals surface area contributed by atoms with Crippen LogP contribution in [0.4, 0.5) is 0 Å². The number of nitrogens with two attached hydrogens (primary N) is 1. The summed E-state index contributed by atoms with van der Waals surface area (Å²) in [5, 5.41) is 8.03. The van der Waals surface area contributed by atoms with Crippen molar-refractivity contribution in [2.75, 3.05) is 65.9 Å². The van der Waals surface area contributed by atoms with Crippen molar-refractivity contribution in [2.24, 2.45) is 17.6 Å². The van der Waals surface area contributed by atoms with Crippen LogP contribution in [0, 0.1) is 11.8 Å². The Kier molecular flexibility index (Phi) is 24.4. The summed E-state index contributed by atoms with van der Waals surface area (Å²) in [5.41, 5.74) is 5.97. The molecule has 23 heteroatoms. The minimum Gasteiger partial charge on any atom is -0.463 e. The van der Waals surface area contributed by atoms with E-state index in [0.717, 1.165) is 0 Å². The summed E-state index contributed by atoms with van der Waals surface area (Å²) in [5.74, 6) is -5.19. The van der Waals surface area contributed by atoms with Gasteiger partial charge in [-0.15, -0.1) is 0 Å². The number of hydrogen-bond acceptors (Lipinski definition) is 20. The number of ether oxygens (including phenoxy) is 11. The van der Waals surface area contributed by atoms with Gasteiger partial charge in [-0.2, -0.15) is 0 Å². The third kappa shape index (κ3) is 20.1. The molecule has 0 aromatic rings. The van der Waals surface area contributed by atoms with Gasteiger partial charge < -0.3 is 73.8 Å². The monoisotopic (exact) mass is 892 g/mol. The lowest BCUT2D eigenvalue weighted by Crippen LogP contribution is -2.63. The van der Waals surface area contributed by atoms with Crippen LogP contribution in [-0.4, -0.2) is 169 Å². The minimum atomic E-state index is -1.07. The lowest BCUT2D eigenvalue weighted by molar-refractivity contribution is -0.290. The summed E-state index contributed by atoms with van der Waals surface area (Å²) in [6.07, 6.45) is -6.43. The molecule has 2 saturated heterocycles. The smallest absolute Gasteiger partial charge is 0.303 e. The lowest BCUT2D eigenvalue weighted by Gasteiger charge is -2.44. The van der Waals surface area contributed by atoms with Crippen molar-refractivity contribution in [1.29, 1.82) is 0 Å². The van der Waals surface area contributed by atoms with E-state index in [0.29, 0.717) is 0 Å². The fourth-order valence-corrected chi connectivity index (χ4v) is 6.43. The zero-order chi connectivity index (χ0) is 46.4. The van der Waals surface area contributed by atoms with E-state index in [9.17, 15) is 38.4 Å². The van der Waals surface area contributed by atoms with E-state index in [1.54, 1.807) is 13.8 Å². The lowest BCUT2D eigenvalue weighted by atomic mass is 9.89. The molecule has 0 aromatic carbocycles. The van der Waals surface area contributed by atoms with Crippen LogP contribution in [0.15, 0.2) is 0 Å². The largest absolute Gasteiger partial charge is 0.463 e. The zero-order valence-electron chi connectivity index (χ0n) is 36.7. The first-order valence-corrected chi connectivity index (χ1v) is 20.4. The van der Waals surface area contributed by atoms with Crippen LogP contribution < -0.4 is 21.7 Å². The van der Waals surface area contributed by atoms with Gasteiger partial charge in [-0.1, -0.05) is 13.8 Å². The van der Waals surface area contributed by atoms with Crippen molar-refractivity contribution in [1.82, 2.24) is 16.0 Å². The highest BCUT2D eigenvalue weighted by Crippen LogP contribution is 2.32. The summed E-state index contributed by atoms with van der Waals surface area (Å²) in [7, 11) is 0. The Morgan fingerprint density at radius 1 is 0.581 bits per heavy atom. The number of nitrogens with one attached hydrogen (secondary N) is 3. The summed E-state index contributed by atoms with van der Waals surface area (Å²) in [6, 6.07) is -1.81. The van der Waals surface area contributed by atoms with Crippen LogP contribution in [0.3, 0.4) is 0 Å². The van der Waals surface area contributed by atoms with Gasteiger partial charge >= 0.3 is 29.8 Å². The van der Waals surface area contributed by atoms with E-state index in [1.165, 1.54) is 41.5 Å². The first kappa shape index (κ1) is 53.6. The minimum absolute atomic E-state index is 0.00112. The maximum atomic E-state index is 12.5. The summed E-state index contributed by atoms with van der Waals surface area (Å²) < 4.78 is 61.1. The van der Waals surface area contributed by atoms with Crippen molar-refractivity contribution >= 4 is 47.6 Å². The second kappa shape index (κ2) is 28.2. The highest BCUT2D eigenvalue weighted by atomic mass is 16.7.